The Morgan fingerprint density at radius 1 is 1.12 bits per heavy atom. The van der Waals surface area contributed by atoms with Crippen LogP contribution in [0, 0.1) is 5.82 Å². The summed E-state index contributed by atoms with van der Waals surface area (Å²) >= 11 is 0. The van der Waals surface area contributed by atoms with Gasteiger partial charge in [-0.2, -0.15) is 5.10 Å². The quantitative estimate of drug-likeness (QED) is 0.202. The predicted octanol–water partition coefficient (Wildman–Crippen LogP) is 5.21. The number of hydrogen-bond donors (Lipinski definition) is 3. The molecule has 3 N–H and O–H groups in total. The van der Waals surface area contributed by atoms with Crippen LogP contribution in [0.1, 0.15) is 48.6 Å². The van der Waals surface area contributed by atoms with Gasteiger partial charge in [0, 0.05) is 60.4 Å². The third-order valence-corrected chi connectivity index (χ3v) is 8.07. The van der Waals surface area contributed by atoms with Crippen LogP contribution < -0.4 is 21.2 Å². The van der Waals surface area contributed by atoms with Gasteiger partial charge in [-0.3, -0.25) is 14.6 Å². The fourth-order valence-electron chi connectivity index (χ4n) is 5.40. The molecule has 1 aliphatic rings. The van der Waals surface area contributed by atoms with Gasteiger partial charge in [0.15, 0.2) is 5.82 Å². The molecule has 4 aromatic rings. The van der Waals surface area contributed by atoms with Gasteiger partial charge in [-0.25, -0.2) is 9.37 Å². The van der Waals surface area contributed by atoms with Gasteiger partial charge >= 0.3 is 0 Å². The van der Waals surface area contributed by atoms with E-state index in [0.29, 0.717) is 46.8 Å². The van der Waals surface area contributed by atoms with Gasteiger partial charge < -0.3 is 25.2 Å². The zero-order valence-electron chi connectivity index (χ0n) is 28.2. The fourth-order valence-corrected chi connectivity index (χ4v) is 5.40. The summed E-state index contributed by atoms with van der Waals surface area (Å²) in [6.07, 6.45) is 6.57. The van der Waals surface area contributed by atoms with Gasteiger partial charge in [-0.1, -0.05) is 51.1 Å². The summed E-state index contributed by atoms with van der Waals surface area (Å²) in [5, 5.41) is 22.9. The van der Waals surface area contributed by atoms with Crippen molar-refractivity contribution in [2.45, 2.75) is 45.9 Å². The van der Waals surface area contributed by atoms with Crippen LogP contribution in [-0.4, -0.2) is 52.3 Å². The lowest BCUT2D eigenvalue weighted by atomic mass is 9.85. The van der Waals surface area contributed by atoms with E-state index < -0.39 is 0 Å². The molecule has 10 nitrogen and oxygen atoms in total. The number of aliphatic hydroxyl groups is 1. The molecular formula is C37H42FN7O3. The second kappa shape index (κ2) is 14.3. The maximum Gasteiger partial charge on any atom is 0.293 e. The van der Waals surface area contributed by atoms with Crippen LogP contribution in [0.5, 0.6) is 0 Å². The number of carbonyl (C=O) groups is 1. The maximum atomic E-state index is 15.3. The molecular weight excluding hydrogens is 609 g/mol. The van der Waals surface area contributed by atoms with Crippen molar-refractivity contribution < 1.29 is 14.3 Å². The molecule has 0 saturated carbocycles. The van der Waals surface area contributed by atoms with E-state index in [2.05, 4.69) is 20.7 Å². The molecule has 1 aromatic heterocycles. The highest BCUT2D eigenvalue weighted by molar-refractivity contribution is 5.87. The lowest BCUT2D eigenvalue weighted by Crippen LogP contribution is -2.25. The number of aryl methyl sites for hydroxylation is 1. The average molecular weight is 652 g/mol. The lowest BCUT2D eigenvalue weighted by Gasteiger charge is -2.28. The fraction of sp³-hybridized carbons (Fsp3) is 0.297. The zero-order chi connectivity index (χ0) is 34.6. The molecule has 0 fully saturated rings. The minimum absolute atomic E-state index is 0.0961. The van der Waals surface area contributed by atoms with Crippen LogP contribution in [0.2, 0.25) is 0 Å². The standard InChI is InChI=1S/C37H42FN7O3/c1-37(2,3)26-17-25-20-40-45(21-29(25)31(38)18-26)33-13-8-12-28(30(33)23-46)32-22-44(6)36(48)35(42-32)41-27-11-7-10-24(16-27)19-39-34(47)14-9-15-43(4)5/h7-14,16-18,20,22,46H,15,19,21,23H2,1-6H3,(H,39,47)(H,41,42). The predicted molar refractivity (Wildman–Crippen MR) is 189 cm³/mol. The first-order valence-electron chi connectivity index (χ1n) is 15.7. The molecule has 48 heavy (non-hydrogen) atoms. The number of hydrogen-bond acceptors (Lipinski definition) is 8. The summed E-state index contributed by atoms with van der Waals surface area (Å²) in [6, 6.07) is 16.4. The Kier molecular flexibility index (Phi) is 10.2. The third kappa shape index (κ3) is 7.87. The van der Waals surface area contributed by atoms with Crippen LogP contribution in [0.3, 0.4) is 0 Å². The van der Waals surface area contributed by atoms with E-state index in [4.69, 9.17) is 0 Å². The first-order chi connectivity index (χ1) is 22.8. The number of anilines is 3. The number of aromatic nitrogens is 2. The molecule has 2 heterocycles. The molecule has 0 aliphatic carbocycles. The third-order valence-electron chi connectivity index (χ3n) is 8.07. The summed E-state index contributed by atoms with van der Waals surface area (Å²) < 4.78 is 16.8. The van der Waals surface area contributed by atoms with E-state index in [1.807, 2.05) is 88.3 Å². The number of nitrogens with zero attached hydrogens (tertiary/aromatic N) is 5. The summed E-state index contributed by atoms with van der Waals surface area (Å²) in [6.45, 7) is 6.96. The molecule has 5 rings (SSSR count). The SMILES string of the molecule is CN(C)CC=CC(=O)NCc1cccc(Nc2nc(-c3cccc(N4Cc5c(F)cc(C(C)(C)C)cc5C=N4)c3CO)cn(C)c2=O)c1. The molecule has 0 atom stereocenters. The molecule has 3 aromatic carbocycles. The van der Waals surface area contributed by atoms with Gasteiger partial charge in [-0.05, 0) is 61.0 Å². The van der Waals surface area contributed by atoms with Crippen molar-refractivity contribution in [3.8, 4) is 11.3 Å². The van der Waals surface area contributed by atoms with Crippen molar-refractivity contribution in [2.75, 3.05) is 31.0 Å². The van der Waals surface area contributed by atoms with Crippen LogP contribution in [0.25, 0.3) is 11.3 Å². The van der Waals surface area contributed by atoms with Crippen molar-refractivity contribution in [1.29, 1.82) is 0 Å². The minimum Gasteiger partial charge on any atom is -0.392 e. The number of nitrogens with one attached hydrogen (secondary N) is 2. The number of fused-ring (bicyclic) bond motifs is 1. The van der Waals surface area contributed by atoms with E-state index in [1.165, 1.54) is 10.6 Å². The second-order valence-electron chi connectivity index (χ2n) is 13.1. The van der Waals surface area contributed by atoms with Crippen molar-refractivity contribution in [1.82, 2.24) is 19.8 Å². The largest absolute Gasteiger partial charge is 0.392 e. The monoisotopic (exact) mass is 651 g/mol. The van der Waals surface area contributed by atoms with Gasteiger partial charge in [0.2, 0.25) is 5.91 Å². The number of likely N-dealkylation sites (N-methyl/N-ethyl adjacent to an activating group) is 1. The lowest BCUT2D eigenvalue weighted by molar-refractivity contribution is -0.116. The molecule has 11 heteroatoms. The van der Waals surface area contributed by atoms with Crippen molar-refractivity contribution in [3.05, 3.63) is 117 Å². The molecule has 250 valence electrons. The Bertz CT molecular complexity index is 1940. The topological polar surface area (TPSA) is 115 Å². The van der Waals surface area contributed by atoms with E-state index in [1.54, 1.807) is 36.6 Å². The maximum absolute atomic E-state index is 15.3. The summed E-state index contributed by atoms with van der Waals surface area (Å²) in [7, 11) is 5.49. The Labute approximate surface area is 280 Å². The molecule has 0 spiro atoms. The molecule has 0 saturated heterocycles. The normalized spacial score (nSPS) is 12.9. The first-order valence-corrected chi connectivity index (χ1v) is 15.7. The van der Waals surface area contributed by atoms with E-state index >= 15 is 4.39 Å². The Morgan fingerprint density at radius 3 is 2.62 bits per heavy atom. The number of carbonyl (C=O) groups excluding carboxylic acids is 1. The van der Waals surface area contributed by atoms with Gasteiger partial charge in [0.25, 0.3) is 5.56 Å². The Balaban J connectivity index is 1.40. The van der Waals surface area contributed by atoms with Crippen LogP contribution in [0.4, 0.5) is 21.6 Å². The second-order valence-corrected chi connectivity index (χ2v) is 13.1. The van der Waals surface area contributed by atoms with Gasteiger partial charge in [-0.15, -0.1) is 0 Å². The average Bonchev–Trinajstić information content (AvgIpc) is 3.05. The highest BCUT2D eigenvalue weighted by Crippen LogP contribution is 2.35. The smallest absolute Gasteiger partial charge is 0.293 e. The van der Waals surface area contributed by atoms with E-state index in [0.717, 1.165) is 16.7 Å². The van der Waals surface area contributed by atoms with Crippen LogP contribution in [0.15, 0.2) is 82.8 Å². The number of rotatable bonds is 10. The number of amides is 1. The Morgan fingerprint density at radius 2 is 1.90 bits per heavy atom. The number of aliphatic hydroxyl groups excluding tert-OH is 1. The van der Waals surface area contributed by atoms with E-state index in [-0.39, 0.29) is 41.7 Å². The van der Waals surface area contributed by atoms with Crippen molar-refractivity contribution >= 4 is 29.3 Å². The molecule has 0 radical (unpaired) electrons. The van der Waals surface area contributed by atoms with Gasteiger partial charge in [0.05, 0.1) is 30.7 Å². The summed E-state index contributed by atoms with van der Waals surface area (Å²) in [5.41, 5.74) is 5.28. The van der Waals surface area contributed by atoms with Crippen molar-refractivity contribution in [3.63, 3.8) is 0 Å². The molecule has 1 amide bonds. The first kappa shape index (κ1) is 34.2. The summed E-state index contributed by atoms with van der Waals surface area (Å²) in [4.78, 5) is 32.0. The van der Waals surface area contributed by atoms with Gasteiger partial charge in [0.1, 0.15) is 5.82 Å². The molecule has 0 bridgehead atoms. The Hall–Kier alpha value is -5.13. The highest BCUT2D eigenvalue weighted by Gasteiger charge is 2.24. The van der Waals surface area contributed by atoms with Crippen LogP contribution in [-0.2, 0) is 37.0 Å². The number of halogens is 1. The summed E-state index contributed by atoms with van der Waals surface area (Å²) in [5.74, 6) is -0.396. The number of hydrazone groups is 1. The molecule has 0 unspecified atom stereocenters. The number of benzene rings is 3. The molecule has 1 aliphatic heterocycles. The van der Waals surface area contributed by atoms with E-state index in [9.17, 15) is 14.7 Å². The highest BCUT2D eigenvalue weighted by atomic mass is 19.1. The van der Waals surface area contributed by atoms with Crippen molar-refractivity contribution in [2.24, 2.45) is 12.1 Å². The zero-order valence-corrected chi connectivity index (χ0v) is 28.2. The van der Waals surface area contributed by atoms with Crippen LogP contribution >= 0.6 is 0 Å². The minimum atomic E-state index is -0.340.